The summed E-state index contributed by atoms with van der Waals surface area (Å²) >= 11 is 0. The van der Waals surface area contributed by atoms with E-state index < -0.39 is 6.10 Å². The average Bonchev–Trinajstić information content (AvgIpc) is 2.66. The van der Waals surface area contributed by atoms with E-state index in [0.29, 0.717) is 18.6 Å². The second-order valence-electron chi connectivity index (χ2n) is 5.55. The maximum atomic E-state index is 11.4. The molecule has 18 heavy (non-hydrogen) atoms. The van der Waals surface area contributed by atoms with Gasteiger partial charge in [0.25, 0.3) is 0 Å². The first-order chi connectivity index (χ1) is 8.64. The predicted molar refractivity (Wildman–Crippen MR) is 67.6 cm³/mol. The fourth-order valence-corrected chi connectivity index (χ4v) is 3.41. The number of rotatable bonds is 1. The molecule has 2 aliphatic rings. The minimum atomic E-state index is -0.425. The van der Waals surface area contributed by atoms with Crippen LogP contribution in [0.25, 0.3) is 0 Å². The van der Waals surface area contributed by atoms with Crippen molar-refractivity contribution in [2.75, 3.05) is 7.11 Å². The fourth-order valence-electron chi connectivity index (χ4n) is 3.41. The van der Waals surface area contributed by atoms with Gasteiger partial charge in [-0.1, -0.05) is 6.07 Å². The van der Waals surface area contributed by atoms with E-state index in [1.54, 1.807) is 7.11 Å². The maximum Gasteiger partial charge on any atom is 0.132 e. The van der Waals surface area contributed by atoms with Crippen LogP contribution in [0.15, 0.2) is 18.2 Å². The largest absolute Gasteiger partial charge is 0.497 e. The molecule has 0 radical (unpaired) electrons. The number of carbonyl (C=O) groups excluding carboxylic acids is 1. The number of carbonyl (C=O) groups is 1. The molecule has 1 N–H and O–H groups in total. The first-order valence-electron chi connectivity index (χ1n) is 6.51. The highest BCUT2D eigenvalue weighted by molar-refractivity contribution is 5.79. The Hall–Kier alpha value is -1.35. The van der Waals surface area contributed by atoms with Crippen LogP contribution >= 0.6 is 0 Å². The summed E-state index contributed by atoms with van der Waals surface area (Å²) in [6, 6.07) is 5.88. The predicted octanol–water partition coefficient (Wildman–Crippen LogP) is 2.41. The molecule has 0 aliphatic heterocycles. The Kier molecular flexibility index (Phi) is 2.67. The summed E-state index contributed by atoms with van der Waals surface area (Å²) in [6.07, 6.45) is 3.29. The molecule has 3 heteroatoms. The first-order valence-corrected chi connectivity index (χ1v) is 6.51. The van der Waals surface area contributed by atoms with Gasteiger partial charge in [-0.2, -0.15) is 0 Å². The Labute approximate surface area is 107 Å². The van der Waals surface area contributed by atoms with E-state index in [9.17, 15) is 9.90 Å². The molecular formula is C15H18O3. The van der Waals surface area contributed by atoms with E-state index in [0.717, 1.165) is 30.6 Å². The van der Waals surface area contributed by atoms with Gasteiger partial charge in [0.2, 0.25) is 0 Å². The molecule has 3 nitrogen and oxygen atoms in total. The van der Waals surface area contributed by atoms with Crippen molar-refractivity contribution in [2.45, 2.75) is 38.2 Å². The smallest absolute Gasteiger partial charge is 0.132 e. The summed E-state index contributed by atoms with van der Waals surface area (Å²) in [5.74, 6) is 1.17. The minimum absolute atomic E-state index is 0.109. The molecule has 1 aromatic carbocycles. The van der Waals surface area contributed by atoms with Crippen LogP contribution in [0, 0.1) is 5.41 Å². The number of methoxy groups -OCH3 is 1. The number of ether oxygens (including phenoxy) is 1. The zero-order chi connectivity index (χ0) is 12.8. The summed E-state index contributed by atoms with van der Waals surface area (Å²) in [7, 11) is 1.65. The third-order valence-corrected chi connectivity index (χ3v) is 4.57. The van der Waals surface area contributed by atoms with Gasteiger partial charge >= 0.3 is 0 Å². The van der Waals surface area contributed by atoms with Crippen molar-refractivity contribution in [3.05, 3.63) is 29.3 Å². The zero-order valence-corrected chi connectivity index (χ0v) is 10.6. The third-order valence-electron chi connectivity index (χ3n) is 4.57. The van der Waals surface area contributed by atoms with Crippen LogP contribution in [-0.4, -0.2) is 18.0 Å². The Morgan fingerprint density at radius 2 is 2.06 bits per heavy atom. The number of aliphatic hydroxyl groups is 1. The molecule has 0 saturated heterocycles. The minimum Gasteiger partial charge on any atom is -0.497 e. The second kappa shape index (κ2) is 4.09. The maximum absolute atomic E-state index is 11.4. The average molecular weight is 246 g/mol. The number of hydrogen-bond donors (Lipinski definition) is 1. The zero-order valence-electron chi connectivity index (χ0n) is 10.6. The van der Waals surface area contributed by atoms with Crippen molar-refractivity contribution >= 4 is 5.78 Å². The van der Waals surface area contributed by atoms with E-state index in [1.807, 2.05) is 18.2 Å². The van der Waals surface area contributed by atoms with Crippen molar-refractivity contribution in [3.63, 3.8) is 0 Å². The topological polar surface area (TPSA) is 46.5 Å². The molecule has 0 aromatic heterocycles. The lowest BCUT2D eigenvalue weighted by Crippen LogP contribution is -2.31. The number of benzene rings is 1. The van der Waals surface area contributed by atoms with Crippen LogP contribution in [0.5, 0.6) is 5.75 Å². The fraction of sp³-hybridized carbons (Fsp3) is 0.533. The second-order valence-corrected chi connectivity index (χ2v) is 5.55. The van der Waals surface area contributed by atoms with Crippen molar-refractivity contribution in [1.82, 2.24) is 0 Å². The summed E-state index contributed by atoms with van der Waals surface area (Å²) < 4.78 is 5.23. The normalized spacial score (nSPS) is 25.2. The van der Waals surface area contributed by atoms with Crippen molar-refractivity contribution < 1.29 is 14.6 Å². The molecule has 1 fully saturated rings. The third kappa shape index (κ3) is 1.65. The number of aliphatic hydroxyl groups excluding tert-OH is 1. The van der Waals surface area contributed by atoms with Crippen LogP contribution in [0.2, 0.25) is 0 Å². The Morgan fingerprint density at radius 3 is 2.72 bits per heavy atom. The number of hydrogen-bond acceptors (Lipinski definition) is 3. The molecule has 3 rings (SSSR count). The highest BCUT2D eigenvalue weighted by atomic mass is 16.5. The van der Waals surface area contributed by atoms with Gasteiger partial charge in [0.1, 0.15) is 11.5 Å². The molecule has 1 atom stereocenters. The Bertz CT molecular complexity index is 483. The molecule has 1 saturated carbocycles. The number of fused-ring (bicyclic) bond motifs is 1. The van der Waals surface area contributed by atoms with Gasteiger partial charge < -0.3 is 9.84 Å². The van der Waals surface area contributed by atoms with Crippen molar-refractivity contribution in [2.24, 2.45) is 5.41 Å². The van der Waals surface area contributed by atoms with E-state index in [4.69, 9.17) is 4.74 Å². The molecule has 0 heterocycles. The van der Waals surface area contributed by atoms with E-state index in [2.05, 4.69) is 0 Å². The van der Waals surface area contributed by atoms with Crippen LogP contribution in [0.3, 0.4) is 0 Å². The van der Waals surface area contributed by atoms with Gasteiger partial charge in [0.15, 0.2) is 0 Å². The van der Waals surface area contributed by atoms with Crippen molar-refractivity contribution in [1.29, 1.82) is 0 Å². The monoisotopic (exact) mass is 246 g/mol. The van der Waals surface area contributed by atoms with Gasteiger partial charge in [-0.15, -0.1) is 0 Å². The van der Waals surface area contributed by atoms with Gasteiger partial charge in [0.05, 0.1) is 13.2 Å². The summed E-state index contributed by atoms with van der Waals surface area (Å²) in [6.45, 7) is 0. The lowest BCUT2D eigenvalue weighted by Gasteiger charge is -2.36. The van der Waals surface area contributed by atoms with Crippen LogP contribution in [0.1, 0.15) is 42.9 Å². The summed E-state index contributed by atoms with van der Waals surface area (Å²) in [5, 5.41) is 10.6. The molecule has 1 spiro atoms. The lowest BCUT2D eigenvalue weighted by molar-refractivity contribution is -0.124. The SMILES string of the molecule is COc1ccc2c(c1)CC1(CCC(=O)CC1)C2O. The molecule has 96 valence electrons. The van der Waals surface area contributed by atoms with Gasteiger partial charge in [-0.25, -0.2) is 0 Å². The molecule has 0 amide bonds. The Balaban J connectivity index is 1.93. The molecular weight excluding hydrogens is 228 g/mol. The van der Waals surface area contributed by atoms with Crippen LogP contribution in [-0.2, 0) is 11.2 Å². The standard InChI is InChI=1S/C15H18O3/c1-18-12-2-3-13-10(8-12)9-15(14(13)17)6-4-11(16)5-7-15/h2-3,8,14,17H,4-7,9H2,1H3. The van der Waals surface area contributed by atoms with Crippen LogP contribution in [0.4, 0.5) is 0 Å². The lowest BCUT2D eigenvalue weighted by atomic mass is 9.70. The van der Waals surface area contributed by atoms with Gasteiger partial charge in [-0.3, -0.25) is 4.79 Å². The van der Waals surface area contributed by atoms with Gasteiger partial charge in [0, 0.05) is 18.3 Å². The van der Waals surface area contributed by atoms with E-state index in [1.165, 1.54) is 5.56 Å². The van der Waals surface area contributed by atoms with Crippen LogP contribution < -0.4 is 4.74 Å². The molecule has 2 aliphatic carbocycles. The summed E-state index contributed by atoms with van der Waals surface area (Å²) in [4.78, 5) is 11.4. The number of ketones is 1. The molecule has 1 aromatic rings. The highest BCUT2D eigenvalue weighted by Crippen LogP contribution is 2.53. The highest BCUT2D eigenvalue weighted by Gasteiger charge is 2.46. The number of Topliss-reactive ketones (excluding diaryl/α,β-unsaturated/α-hetero) is 1. The molecule has 0 bridgehead atoms. The van der Waals surface area contributed by atoms with Crippen molar-refractivity contribution in [3.8, 4) is 5.75 Å². The Morgan fingerprint density at radius 1 is 1.33 bits per heavy atom. The molecule has 1 unspecified atom stereocenters. The summed E-state index contributed by atoms with van der Waals surface area (Å²) in [5.41, 5.74) is 2.09. The van der Waals surface area contributed by atoms with Gasteiger partial charge in [-0.05, 0) is 42.5 Å². The van der Waals surface area contributed by atoms with E-state index >= 15 is 0 Å². The first kappa shape index (κ1) is 11.7. The quantitative estimate of drug-likeness (QED) is 0.827. The van der Waals surface area contributed by atoms with E-state index in [-0.39, 0.29) is 5.41 Å².